The number of Topliss-reactive ketones (excluding diaryl/α,β-unsaturated/α-hetero) is 1. The number of amides is 4. The van der Waals surface area contributed by atoms with Gasteiger partial charge in [-0.3, -0.25) is 10.1 Å². The lowest BCUT2D eigenvalue weighted by molar-refractivity contribution is -0.135. The van der Waals surface area contributed by atoms with Gasteiger partial charge in [0.05, 0.1) is 26.4 Å². The summed E-state index contributed by atoms with van der Waals surface area (Å²) in [5, 5.41) is 2.54. The van der Waals surface area contributed by atoms with Gasteiger partial charge in [-0.15, -0.1) is 4.99 Å². The second-order valence-corrected chi connectivity index (χ2v) is 17.1. The van der Waals surface area contributed by atoms with Gasteiger partial charge in [0.2, 0.25) is 17.6 Å². The lowest BCUT2D eigenvalue weighted by Gasteiger charge is -2.53. The molecule has 2 saturated heterocycles. The molecule has 0 bridgehead atoms. The third kappa shape index (κ3) is 9.59. The van der Waals surface area contributed by atoms with E-state index in [2.05, 4.69) is 10.3 Å². The van der Waals surface area contributed by atoms with Crippen LogP contribution < -0.4 is 10.1 Å². The molecule has 1 N–H and O–H groups in total. The number of methoxy groups -OCH3 is 1. The van der Waals surface area contributed by atoms with E-state index >= 15 is 0 Å². The summed E-state index contributed by atoms with van der Waals surface area (Å²) in [6.07, 6.45) is -4.20. The maximum atomic E-state index is 14.6. The Labute approximate surface area is 316 Å². The summed E-state index contributed by atoms with van der Waals surface area (Å²) in [4.78, 5) is 82.4. The Bertz CT molecular complexity index is 1680. The number of nitrogens with one attached hydrogen (secondary N) is 1. The molecule has 0 aliphatic carbocycles. The average Bonchev–Trinajstić information content (AvgIpc) is 3.50. The van der Waals surface area contributed by atoms with Crippen LogP contribution in [-0.2, 0) is 35.1 Å². The molecule has 0 unspecified atom stereocenters. The Morgan fingerprint density at radius 1 is 0.833 bits per heavy atom. The van der Waals surface area contributed by atoms with Gasteiger partial charge in [0.1, 0.15) is 34.2 Å². The largest absolute Gasteiger partial charge is 0.497 e. The molecule has 0 saturated carbocycles. The van der Waals surface area contributed by atoms with E-state index in [1.165, 1.54) is 4.90 Å². The molecule has 3 atom stereocenters. The van der Waals surface area contributed by atoms with Crippen molar-refractivity contribution in [3.05, 3.63) is 29.8 Å². The van der Waals surface area contributed by atoms with Gasteiger partial charge < -0.3 is 33.3 Å². The highest BCUT2D eigenvalue weighted by molar-refractivity contribution is 6.13. The van der Waals surface area contributed by atoms with Crippen molar-refractivity contribution in [3.8, 4) is 5.75 Å². The van der Waals surface area contributed by atoms with Crippen LogP contribution in [0.2, 0.25) is 0 Å². The van der Waals surface area contributed by atoms with Gasteiger partial charge in [0.25, 0.3) is 0 Å². The number of guanidine groups is 2. The zero-order valence-electron chi connectivity index (χ0n) is 33.5. The molecule has 0 radical (unpaired) electrons. The van der Waals surface area contributed by atoms with E-state index in [0.717, 1.165) is 15.4 Å². The van der Waals surface area contributed by atoms with Crippen LogP contribution in [0.15, 0.2) is 34.3 Å². The van der Waals surface area contributed by atoms with Gasteiger partial charge in [-0.1, -0.05) is 12.1 Å². The summed E-state index contributed by atoms with van der Waals surface area (Å²) in [5.41, 5.74) is -5.37. The molecule has 1 aromatic carbocycles. The molecular formula is C37H54N6O11. The predicted molar refractivity (Wildman–Crippen MR) is 196 cm³/mol. The molecule has 1 spiro atoms. The van der Waals surface area contributed by atoms with Crippen LogP contribution >= 0.6 is 0 Å². The van der Waals surface area contributed by atoms with E-state index in [4.69, 9.17) is 33.4 Å². The molecule has 4 amide bonds. The molecule has 3 aliphatic rings. The number of ether oxygens (including phenoxy) is 6. The molecule has 0 aromatic heterocycles. The number of hydrogen-bond donors (Lipinski definition) is 1. The van der Waals surface area contributed by atoms with Crippen LogP contribution in [0, 0.1) is 0 Å². The molecule has 1 aromatic rings. The van der Waals surface area contributed by atoms with Crippen molar-refractivity contribution >= 4 is 42.1 Å². The van der Waals surface area contributed by atoms with Crippen LogP contribution in [-0.4, -0.2) is 117 Å². The topological polar surface area (TPSA) is 187 Å². The fourth-order valence-electron chi connectivity index (χ4n) is 6.10. The standard InChI is InChI=1S/C37H54N6O11/c1-33(2,3)51-29(45)39-27-38-26-24(21-50-20-22-14-16-23(49-13)17-15-22)42(31(47)53-35(7,8)9)28(40-30(46)52-34(4,5)6)41-19-18-25(44)37(26,41)43(27)32(48)54-36(10,11)12/h14-17,24,26H,18-21H2,1-13H3,(H,38,39,45)/b40-28+/t24-,26-,37-/m0/s1. The quantitative estimate of drug-likeness (QED) is 0.367. The Kier molecular flexibility index (Phi) is 11.7. The second kappa shape index (κ2) is 15.1. The maximum Gasteiger partial charge on any atom is 0.437 e. The molecule has 4 rings (SSSR count). The first-order chi connectivity index (χ1) is 24.8. The van der Waals surface area contributed by atoms with Crippen molar-refractivity contribution in [2.45, 2.75) is 136 Å². The van der Waals surface area contributed by atoms with E-state index in [-0.39, 0.29) is 38.1 Å². The fraction of sp³-hybridized carbons (Fsp3) is 0.649. The molecule has 54 heavy (non-hydrogen) atoms. The molecule has 298 valence electrons. The highest BCUT2D eigenvalue weighted by Crippen LogP contribution is 2.46. The van der Waals surface area contributed by atoms with Gasteiger partial charge in [0, 0.05) is 13.0 Å². The second-order valence-electron chi connectivity index (χ2n) is 17.1. The third-order valence-corrected chi connectivity index (χ3v) is 7.84. The minimum absolute atomic E-state index is 0.0427. The van der Waals surface area contributed by atoms with Crippen molar-refractivity contribution in [1.29, 1.82) is 0 Å². The number of aliphatic imine (C=N–C) groups is 2. The van der Waals surface area contributed by atoms with Crippen molar-refractivity contribution in [1.82, 2.24) is 20.0 Å². The molecule has 17 heteroatoms. The number of alkyl carbamates (subject to hydrolysis) is 1. The summed E-state index contributed by atoms with van der Waals surface area (Å²) >= 11 is 0. The number of nitrogens with zero attached hydrogens (tertiary/aromatic N) is 5. The van der Waals surface area contributed by atoms with Gasteiger partial charge >= 0.3 is 24.4 Å². The summed E-state index contributed by atoms with van der Waals surface area (Å²) < 4.78 is 34.2. The summed E-state index contributed by atoms with van der Waals surface area (Å²) in [5.74, 6) is -0.615. The molecule has 3 aliphatic heterocycles. The Hall–Kier alpha value is -4.93. The maximum absolute atomic E-state index is 14.6. The Morgan fingerprint density at radius 2 is 1.39 bits per heavy atom. The zero-order chi connectivity index (χ0) is 40.6. The zero-order valence-corrected chi connectivity index (χ0v) is 33.5. The van der Waals surface area contributed by atoms with Crippen molar-refractivity contribution in [2.24, 2.45) is 9.98 Å². The van der Waals surface area contributed by atoms with E-state index in [1.807, 2.05) is 0 Å². The first kappa shape index (κ1) is 41.8. The normalized spacial score (nSPS) is 22.3. The van der Waals surface area contributed by atoms with E-state index in [9.17, 15) is 24.0 Å². The number of ketones is 1. The lowest BCUT2D eigenvalue weighted by atomic mass is 9.87. The van der Waals surface area contributed by atoms with Gasteiger partial charge in [-0.05, 0) is 101 Å². The highest BCUT2D eigenvalue weighted by Gasteiger charge is 2.72. The summed E-state index contributed by atoms with van der Waals surface area (Å²) in [6, 6.07) is 4.51. The van der Waals surface area contributed by atoms with Crippen molar-refractivity contribution in [3.63, 3.8) is 0 Å². The van der Waals surface area contributed by atoms with E-state index < -0.39 is 70.3 Å². The Balaban J connectivity index is 1.97. The lowest BCUT2D eigenvalue weighted by Crippen LogP contribution is -2.79. The van der Waals surface area contributed by atoms with Gasteiger partial charge in [-0.25, -0.2) is 34.0 Å². The third-order valence-electron chi connectivity index (χ3n) is 7.84. The van der Waals surface area contributed by atoms with E-state index in [1.54, 1.807) is 114 Å². The smallest absolute Gasteiger partial charge is 0.437 e. The number of rotatable bonds is 5. The first-order valence-corrected chi connectivity index (χ1v) is 17.7. The molecule has 17 nitrogen and oxygen atoms in total. The van der Waals surface area contributed by atoms with Crippen LogP contribution in [0.3, 0.4) is 0 Å². The monoisotopic (exact) mass is 758 g/mol. The number of benzene rings is 1. The fourth-order valence-corrected chi connectivity index (χ4v) is 6.10. The SMILES string of the molecule is COc1ccc(COC[C@H]2[C@@H]3N=C(NC(=O)OC(C)(C)C)N(C(=O)OC(C)(C)C)[C@@]34C(=O)CCN4/C(=N\C(=O)OC(C)(C)C)N2C(=O)OC(C)(C)C)cc1. The highest BCUT2D eigenvalue weighted by atomic mass is 16.6. The summed E-state index contributed by atoms with van der Waals surface area (Å²) in [6.45, 7) is 19.4. The average molecular weight is 759 g/mol. The number of carbonyl (C=O) groups excluding carboxylic acids is 5. The minimum atomic E-state index is -2.10. The van der Waals surface area contributed by atoms with Crippen molar-refractivity contribution in [2.75, 3.05) is 20.3 Å². The van der Waals surface area contributed by atoms with Crippen LogP contribution in [0.25, 0.3) is 0 Å². The minimum Gasteiger partial charge on any atom is -0.497 e. The molecule has 3 heterocycles. The van der Waals surface area contributed by atoms with Gasteiger partial charge in [-0.2, -0.15) is 0 Å². The first-order valence-electron chi connectivity index (χ1n) is 17.7. The number of carbonyl (C=O) groups is 5. The van der Waals surface area contributed by atoms with Crippen LogP contribution in [0.4, 0.5) is 19.2 Å². The van der Waals surface area contributed by atoms with Crippen molar-refractivity contribution < 1.29 is 52.4 Å². The van der Waals surface area contributed by atoms with Crippen LogP contribution in [0.5, 0.6) is 5.75 Å². The molecular weight excluding hydrogens is 704 g/mol. The summed E-state index contributed by atoms with van der Waals surface area (Å²) in [7, 11) is 1.55. The molecule has 2 fully saturated rings. The Morgan fingerprint density at radius 3 is 1.93 bits per heavy atom. The number of hydrogen-bond acceptors (Lipinski definition) is 12. The van der Waals surface area contributed by atoms with Crippen LogP contribution in [0.1, 0.15) is 95.1 Å². The van der Waals surface area contributed by atoms with E-state index in [0.29, 0.717) is 5.75 Å². The van der Waals surface area contributed by atoms with Gasteiger partial charge in [0.15, 0.2) is 5.78 Å². The predicted octanol–water partition coefficient (Wildman–Crippen LogP) is 5.59.